The van der Waals surface area contributed by atoms with Crippen LogP contribution in [0.4, 0.5) is 0 Å². The number of nitrogens with zero attached hydrogens (tertiary/aromatic N) is 4. The molecule has 1 atom stereocenters. The first kappa shape index (κ1) is 16.6. The molecule has 1 aromatic heterocycles. The molecule has 0 radical (unpaired) electrons. The zero-order valence-electron chi connectivity index (χ0n) is 13.8. The van der Waals surface area contributed by atoms with Crippen LogP contribution in [0, 0.1) is 0 Å². The summed E-state index contributed by atoms with van der Waals surface area (Å²) in [6, 6.07) is 7.18. The molecule has 2 heterocycles. The van der Waals surface area contributed by atoms with Crippen LogP contribution in [-0.2, 0) is 11.3 Å². The van der Waals surface area contributed by atoms with E-state index in [2.05, 4.69) is 10.00 Å². The lowest BCUT2D eigenvalue weighted by Crippen LogP contribution is -2.51. The first-order valence-electron chi connectivity index (χ1n) is 8.17. The third kappa shape index (κ3) is 3.63. The second kappa shape index (κ2) is 7.11. The summed E-state index contributed by atoms with van der Waals surface area (Å²) in [4.78, 5) is 28.4. The Morgan fingerprint density at radius 3 is 2.67 bits per heavy atom. The third-order valence-electron chi connectivity index (χ3n) is 4.29. The van der Waals surface area contributed by atoms with Gasteiger partial charge in [-0.25, -0.2) is 0 Å². The number of para-hydroxylation sites is 1. The molecule has 128 valence electrons. The maximum absolute atomic E-state index is 12.5. The van der Waals surface area contributed by atoms with E-state index >= 15 is 0 Å². The lowest BCUT2D eigenvalue weighted by atomic mass is 10.2. The summed E-state index contributed by atoms with van der Waals surface area (Å²) in [7, 11) is 0. The first-order valence-corrected chi connectivity index (χ1v) is 8.17. The predicted octanol–water partition coefficient (Wildman–Crippen LogP) is -0.0785. The SMILES string of the molecule is C[C@@H](O)CN1CCN(C(=O)Cn2ncc(=O)c3ccccc32)CC1. The molecule has 2 aromatic rings. The summed E-state index contributed by atoms with van der Waals surface area (Å²) in [6.07, 6.45) is 0.903. The van der Waals surface area contributed by atoms with Gasteiger partial charge in [-0.2, -0.15) is 5.10 Å². The number of carbonyl (C=O) groups is 1. The van der Waals surface area contributed by atoms with Gasteiger partial charge in [-0.1, -0.05) is 12.1 Å². The molecule has 0 spiro atoms. The number of aliphatic hydroxyl groups is 1. The van der Waals surface area contributed by atoms with Gasteiger partial charge in [0.25, 0.3) is 0 Å². The smallest absolute Gasteiger partial charge is 0.244 e. The molecular formula is C17H22N4O3. The van der Waals surface area contributed by atoms with Crippen molar-refractivity contribution in [2.45, 2.75) is 19.6 Å². The van der Waals surface area contributed by atoms with Crippen molar-refractivity contribution < 1.29 is 9.90 Å². The number of rotatable bonds is 4. The molecule has 0 bridgehead atoms. The maximum atomic E-state index is 12.5. The zero-order valence-corrected chi connectivity index (χ0v) is 13.8. The fraction of sp³-hybridized carbons (Fsp3) is 0.471. The van der Waals surface area contributed by atoms with E-state index in [-0.39, 0.29) is 24.0 Å². The van der Waals surface area contributed by atoms with Crippen LogP contribution in [-0.4, -0.2) is 69.4 Å². The number of benzene rings is 1. The highest BCUT2D eigenvalue weighted by Gasteiger charge is 2.22. The normalized spacial score (nSPS) is 17.2. The van der Waals surface area contributed by atoms with Gasteiger partial charge in [-0.05, 0) is 19.1 Å². The van der Waals surface area contributed by atoms with Crippen molar-refractivity contribution in [1.82, 2.24) is 19.6 Å². The Bertz CT molecular complexity index is 779. The molecule has 1 amide bonds. The number of β-amino-alcohol motifs (C(OH)–C–C–N with tert-alkyl or cyclic N) is 1. The Hall–Kier alpha value is -2.25. The first-order chi connectivity index (χ1) is 11.5. The van der Waals surface area contributed by atoms with Crippen molar-refractivity contribution in [3.8, 4) is 0 Å². The van der Waals surface area contributed by atoms with Crippen molar-refractivity contribution in [2.75, 3.05) is 32.7 Å². The van der Waals surface area contributed by atoms with Crippen LogP contribution in [0.5, 0.6) is 0 Å². The van der Waals surface area contributed by atoms with E-state index in [9.17, 15) is 14.7 Å². The highest BCUT2D eigenvalue weighted by Crippen LogP contribution is 2.09. The summed E-state index contributed by atoms with van der Waals surface area (Å²) < 4.78 is 1.58. The van der Waals surface area contributed by atoms with Crippen LogP contribution < -0.4 is 5.43 Å². The number of hydrogen-bond donors (Lipinski definition) is 1. The molecule has 1 aliphatic heterocycles. The highest BCUT2D eigenvalue weighted by atomic mass is 16.3. The molecule has 0 unspecified atom stereocenters. The molecule has 1 aliphatic rings. The van der Waals surface area contributed by atoms with Gasteiger partial charge in [0.2, 0.25) is 11.3 Å². The fourth-order valence-corrected chi connectivity index (χ4v) is 3.07. The molecule has 1 fully saturated rings. The standard InChI is InChI=1S/C17H22N4O3/c1-13(22)11-19-6-8-20(9-7-19)17(24)12-21-15-5-3-2-4-14(15)16(23)10-18-21/h2-5,10,13,22H,6-9,11-12H2,1H3/t13-/m1/s1. The predicted molar refractivity (Wildman–Crippen MR) is 90.7 cm³/mol. The minimum Gasteiger partial charge on any atom is -0.392 e. The van der Waals surface area contributed by atoms with Gasteiger partial charge < -0.3 is 10.0 Å². The number of piperazine rings is 1. The molecule has 3 rings (SSSR count). The zero-order chi connectivity index (χ0) is 17.1. The van der Waals surface area contributed by atoms with Gasteiger partial charge in [-0.15, -0.1) is 0 Å². The van der Waals surface area contributed by atoms with Gasteiger partial charge in [0.15, 0.2) is 0 Å². The monoisotopic (exact) mass is 330 g/mol. The van der Waals surface area contributed by atoms with Gasteiger partial charge in [0, 0.05) is 38.1 Å². The molecule has 0 aliphatic carbocycles. The van der Waals surface area contributed by atoms with E-state index in [4.69, 9.17) is 0 Å². The largest absolute Gasteiger partial charge is 0.392 e. The lowest BCUT2D eigenvalue weighted by molar-refractivity contribution is -0.133. The molecule has 1 saturated heterocycles. The molecule has 24 heavy (non-hydrogen) atoms. The van der Waals surface area contributed by atoms with Crippen LogP contribution in [0.3, 0.4) is 0 Å². The van der Waals surface area contributed by atoms with Gasteiger partial charge >= 0.3 is 0 Å². The summed E-state index contributed by atoms with van der Waals surface area (Å²) in [6.45, 7) is 5.33. The minimum atomic E-state index is -0.357. The van der Waals surface area contributed by atoms with Crippen LogP contribution in [0.15, 0.2) is 35.3 Å². The maximum Gasteiger partial charge on any atom is 0.244 e. The summed E-state index contributed by atoms with van der Waals surface area (Å²) in [5.41, 5.74) is 0.534. The Labute approximate surface area is 140 Å². The Kier molecular flexibility index (Phi) is 4.92. The second-order valence-corrected chi connectivity index (χ2v) is 6.21. The number of fused-ring (bicyclic) bond motifs is 1. The Morgan fingerprint density at radius 1 is 1.25 bits per heavy atom. The van der Waals surface area contributed by atoms with Crippen LogP contribution in [0.2, 0.25) is 0 Å². The Morgan fingerprint density at radius 2 is 1.96 bits per heavy atom. The number of hydrogen-bond acceptors (Lipinski definition) is 5. The van der Waals surface area contributed by atoms with Gasteiger partial charge in [0.05, 0.1) is 17.8 Å². The van der Waals surface area contributed by atoms with Gasteiger partial charge in [0.1, 0.15) is 6.54 Å². The number of aliphatic hydroxyl groups excluding tert-OH is 1. The van der Waals surface area contributed by atoms with E-state index in [0.29, 0.717) is 30.5 Å². The molecular weight excluding hydrogens is 308 g/mol. The van der Waals surface area contributed by atoms with Crippen molar-refractivity contribution in [2.24, 2.45) is 0 Å². The lowest BCUT2D eigenvalue weighted by Gasteiger charge is -2.35. The van der Waals surface area contributed by atoms with Crippen molar-refractivity contribution in [3.63, 3.8) is 0 Å². The number of amides is 1. The van der Waals surface area contributed by atoms with Gasteiger partial charge in [-0.3, -0.25) is 19.2 Å². The molecule has 1 N–H and O–H groups in total. The third-order valence-corrected chi connectivity index (χ3v) is 4.29. The van der Waals surface area contributed by atoms with E-state index < -0.39 is 0 Å². The van der Waals surface area contributed by atoms with Crippen LogP contribution >= 0.6 is 0 Å². The van der Waals surface area contributed by atoms with Crippen LogP contribution in [0.1, 0.15) is 6.92 Å². The number of aromatic nitrogens is 2. The molecule has 7 nitrogen and oxygen atoms in total. The van der Waals surface area contributed by atoms with E-state index in [1.54, 1.807) is 29.8 Å². The fourth-order valence-electron chi connectivity index (χ4n) is 3.07. The summed E-state index contributed by atoms with van der Waals surface area (Å²) >= 11 is 0. The summed E-state index contributed by atoms with van der Waals surface area (Å²) in [5.74, 6) is -0.00648. The van der Waals surface area contributed by atoms with E-state index in [1.165, 1.54) is 6.20 Å². The van der Waals surface area contributed by atoms with E-state index in [1.807, 2.05) is 11.0 Å². The summed E-state index contributed by atoms with van der Waals surface area (Å²) in [5, 5.41) is 14.1. The Balaban J connectivity index is 1.68. The second-order valence-electron chi connectivity index (χ2n) is 6.21. The minimum absolute atomic E-state index is 0.00648. The average molecular weight is 330 g/mol. The molecule has 0 saturated carbocycles. The van der Waals surface area contributed by atoms with E-state index in [0.717, 1.165) is 13.1 Å². The number of carbonyl (C=O) groups excluding carboxylic acids is 1. The average Bonchev–Trinajstić information content (AvgIpc) is 2.58. The highest BCUT2D eigenvalue weighted by molar-refractivity contribution is 5.81. The van der Waals surface area contributed by atoms with Crippen LogP contribution in [0.25, 0.3) is 10.9 Å². The molecule has 7 heteroatoms. The quantitative estimate of drug-likeness (QED) is 0.848. The molecule has 1 aromatic carbocycles. The van der Waals surface area contributed by atoms with Crippen molar-refractivity contribution in [3.05, 3.63) is 40.7 Å². The topological polar surface area (TPSA) is 78.7 Å². The van der Waals surface area contributed by atoms with Crippen molar-refractivity contribution in [1.29, 1.82) is 0 Å². The van der Waals surface area contributed by atoms with Crippen molar-refractivity contribution >= 4 is 16.8 Å².